The third kappa shape index (κ3) is 3.14. The highest BCUT2D eigenvalue weighted by Crippen LogP contribution is 2.30. The van der Waals surface area contributed by atoms with E-state index >= 15 is 0 Å². The fourth-order valence-corrected chi connectivity index (χ4v) is 3.96. The molecule has 1 atom stereocenters. The Morgan fingerprint density at radius 3 is 2.52 bits per heavy atom. The van der Waals surface area contributed by atoms with E-state index in [0.717, 1.165) is 9.13 Å². The van der Waals surface area contributed by atoms with Crippen molar-refractivity contribution in [3.8, 4) is 0 Å². The van der Waals surface area contributed by atoms with Crippen LogP contribution < -0.4 is 5.32 Å². The fraction of sp³-hybridized carbons (Fsp3) is 0.333. The molecule has 0 saturated heterocycles. The first kappa shape index (κ1) is 15.0. The number of nitrogens with one attached hydrogen (secondary N) is 1. The average molecular weight is 395 g/mol. The maximum atomic E-state index is 13.3. The van der Waals surface area contributed by atoms with Gasteiger partial charge in [0.15, 0.2) is 0 Å². The molecule has 0 aliphatic heterocycles. The number of aryl methyl sites for hydroxylation is 2. The maximum Gasteiger partial charge on any atom is 0.124 e. The van der Waals surface area contributed by atoms with Gasteiger partial charge < -0.3 is 5.32 Å². The monoisotopic (exact) mass is 395 g/mol. The minimum atomic E-state index is -0.177. The minimum absolute atomic E-state index is 0.115. The first-order valence-corrected chi connectivity index (χ1v) is 8.51. The molecule has 0 aromatic heterocycles. The predicted molar refractivity (Wildman–Crippen MR) is 93.1 cm³/mol. The van der Waals surface area contributed by atoms with Crippen molar-refractivity contribution in [2.45, 2.75) is 31.7 Å². The van der Waals surface area contributed by atoms with Gasteiger partial charge in [0.05, 0.1) is 6.04 Å². The number of hydrogen-bond acceptors (Lipinski definition) is 1. The van der Waals surface area contributed by atoms with Gasteiger partial charge in [-0.2, -0.15) is 0 Å². The van der Waals surface area contributed by atoms with E-state index in [4.69, 9.17) is 0 Å². The van der Waals surface area contributed by atoms with E-state index in [1.54, 1.807) is 12.1 Å². The van der Waals surface area contributed by atoms with Gasteiger partial charge in [-0.25, -0.2) is 4.39 Å². The van der Waals surface area contributed by atoms with E-state index in [1.165, 1.54) is 42.4 Å². The van der Waals surface area contributed by atoms with Gasteiger partial charge in [-0.1, -0.05) is 24.3 Å². The van der Waals surface area contributed by atoms with Gasteiger partial charge >= 0.3 is 0 Å². The Morgan fingerprint density at radius 1 is 1.05 bits per heavy atom. The van der Waals surface area contributed by atoms with Crippen LogP contribution in [0.1, 0.15) is 41.1 Å². The summed E-state index contributed by atoms with van der Waals surface area (Å²) < 4.78 is 14.3. The maximum absolute atomic E-state index is 13.3. The molecule has 0 amide bonds. The molecule has 0 heterocycles. The normalized spacial score (nSPS) is 15.6. The van der Waals surface area contributed by atoms with Gasteiger partial charge in [-0.05, 0) is 89.7 Å². The van der Waals surface area contributed by atoms with Crippen LogP contribution in [0.3, 0.4) is 0 Å². The second-order valence-corrected chi connectivity index (χ2v) is 6.78. The Hall–Kier alpha value is -0.940. The first-order valence-electron chi connectivity index (χ1n) is 7.43. The molecule has 2 aromatic rings. The smallest absolute Gasteiger partial charge is 0.124 e. The molecule has 2 aromatic carbocycles. The Morgan fingerprint density at radius 2 is 1.81 bits per heavy atom. The van der Waals surface area contributed by atoms with Gasteiger partial charge in [0, 0.05) is 3.57 Å². The Bertz CT molecular complexity index is 654. The van der Waals surface area contributed by atoms with Crippen molar-refractivity contribution in [3.63, 3.8) is 0 Å². The summed E-state index contributed by atoms with van der Waals surface area (Å²) in [5, 5.41) is 3.37. The molecule has 1 aliphatic carbocycles. The van der Waals surface area contributed by atoms with Crippen LogP contribution in [0.25, 0.3) is 0 Å². The molecule has 1 unspecified atom stereocenters. The van der Waals surface area contributed by atoms with E-state index in [2.05, 4.69) is 46.1 Å². The van der Waals surface area contributed by atoms with Crippen LogP contribution in [0.2, 0.25) is 0 Å². The van der Waals surface area contributed by atoms with Gasteiger partial charge in [0.1, 0.15) is 5.82 Å². The largest absolute Gasteiger partial charge is 0.309 e. The zero-order chi connectivity index (χ0) is 14.8. The van der Waals surface area contributed by atoms with Crippen LogP contribution in [0, 0.1) is 9.39 Å². The first-order chi connectivity index (χ1) is 10.2. The quantitative estimate of drug-likeness (QED) is 0.749. The summed E-state index contributed by atoms with van der Waals surface area (Å²) in [4.78, 5) is 0. The van der Waals surface area contributed by atoms with Crippen LogP contribution in [0.4, 0.5) is 4.39 Å². The molecule has 0 spiro atoms. The number of benzene rings is 2. The molecule has 1 aliphatic rings. The van der Waals surface area contributed by atoms with E-state index in [1.807, 2.05) is 13.1 Å². The molecule has 3 heteroatoms. The second-order valence-electron chi connectivity index (χ2n) is 5.62. The number of hydrogen-bond donors (Lipinski definition) is 1. The van der Waals surface area contributed by atoms with Crippen LogP contribution in [-0.2, 0) is 12.8 Å². The summed E-state index contributed by atoms with van der Waals surface area (Å²) in [5.74, 6) is -0.177. The molecule has 0 saturated carbocycles. The molecule has 1 nitrogen and oxygen atoms in total. The van der Waals surface area contributed by atoms with Crippen molar-refractivity contribution >= 4 is 22.6 Å². The SMILES string of the molecule is CNC(c1ccc2c(c1)CCCC2)c1ccc(F)cc1I. The lowest BCUT2D eigenvalue weighted by atomic mass is 9.88. The highest BCUT2D eigenvalue weighted by atomic mass is 127. The number of rotatable bonds is 3. The Kier molecular flexibility index (Phi) is 4.60. The van der Waals surface area contributed by atoms with Crippen molar-refractivity contribution in [2.24, 2.45) is 0 Å². The molecule has 3 rings (SSSR count). The summed E-state index contributed by atoms with van der Waals surface area (Å²) in [6.07, 6.45) is 4.97. The third-order valence-corrected chi connectivity index (χ3v) is 5.20. The fourth-order valence-electron chi connectivity index (χ4n) is 3.17. The van der Waals surface area contributed by atoms with Gasteiger partial charge in [0.25, 0.3) is 0 Å². The van der Waals surface area contributed by atoms with Crippen molar-refractivity contribution in [3.05, 3.63) is 68.0 Å². The summed E-state index contributed by atoms with van der Waals surface area (Å²) >= 11 is 2.21. The standard InChI is InChI=1S/C18H19FIN/c1-21-18(16-9-8-15(19)11-17(16)20)14-7-6-12-4-2-3-5-13(12)10-14/h6-11,18,21H,2-5H2,1H3. The Labute approximate surface area is 139 Å². The second kappa shape index (κ2) is 6.44. The summed E-state index contributed by atoms with van der Waals surface area (Å²) in [6, 6.07) is 11.9. The minimum Gasteiger partial charge on any atom is -0.309 e. The lowest BCUT2D eigenvalue weighted by Gasteiger charge is -2.22. The lowest BCUT2D eigenvalue weighted by molar-refractivity contribution is 0.621. The third-order valence-electron chi connectivity index (χ3n) is 4.27. The van der Waals surface area contributed by atoms with E-state index < -0.39 is 0 Å². The zero-order valence-corrected chi connectivity index (χ0v) is 14.3. The molecule has 110 valence electrons. The van der Waals surface area contributed by atoms with Crippen LogP contribution >= 0.6 is 22.6 Å². The van der Waals surface area contributed by atoms with Crippen molar-refractivity contribution in [2.75, 3.05) is 7.05 Å². The molecule has 21 heavy (non-hydrogen) atoms. The van der Waals surface area contributed by atoms with Gasteiger partial charge in [-0.3, -0.25) is 0 Å². The van der Waals surface area contributed by atoms with Crippen molar-refractivity contribution < 1.29 is 4.39 Å². The molecule has 0 radical (unpaired) electrons. The predicted octanol–water partition coefficient (Wildman–Crippen LogP) is 4.62. The van der Waals surface area contributed by atoms with Crippen molar-refractivity contribution in [1.82, 2.24) is 5.32 Å². The summed E-state index contributed by atoms with van der Waals surface area (Å²) in [5.41, 5.74) is 5.38. The molecular formula is C18H19FIN. The highest BCUT2D eigenvalue weighted by molar-refractivity contribution is 14.1. The van der Waals surface area contributed by atoms with E-state index in [-0.39, 0.29) is 11.9 Å². The van der Waals surface area contributed by atoms with Crippen LogP contribution in [-0.4, -0.2) is 7.05 Å². The van der Waals surface area contributed by atoms with E-state index in [9.17, 15) is 4.39 Å². The molecule has 0 fully saturated rings. The Balaban J connectivity index is 1.99. The van der Waals surface area contributed by atoms with Crippen LogP contribution in [0.5, 0.6) is 0 Å². The topological polar surface area (TPSA) is 12.0 Å². The average Bonchev–Trinajstić information content (AvgIpc) is 2.50. The highest BCUT2D eigenvalue weighted by Gasteiger charge is 2.18. The molecular weight excluding hydrogens is 376 g/mol. The summed E-state index contributed by atoms with van der Waals surface area (Å²) in [7, 11) is 1.96. The summed E-state index contributed by atoms with van der Waals surface area (Å²) in [6.45, 7) is 0. The number of halogens is 2. The van der Waals surface area contributed by atoms with Crippen LogP contribution in [0.15, 0.2) is 36.4 Å². The number of fused-ring (bicyclic) bond motifs is 1. The molecule has 1 N–H and O–H groups in total. The van der Waals surface area contributed by atoms with Gasteiger partial charge in [0.2, 0.25) is 0 Å². The van der Waals surface area contributed by atoms with Gasteiger partial charge in [-0.15, -0.1) is 0 Å². The van der Waals surface area contributed by atoms with Crippen molar-refractivity contribution in [1.29, 1.82) is 0 Å². The lowest BCUT2D eigenvalue weighted by Crippen LogP contribution is -2.19. The zero-order valence-electron chi connectivity index (χ0n) is 12.1. The van der Waals surface area contributed by atoms with E-state index in [0.29, 0.717) is 0 Å². The molecule has 0 bridgehead atoms.